The molecule has 0 bridgehead atoms. The lowest BCUT2D eigenvalue weighted by molar-refractivity contribution is 0.451. The number of hydrazine groups is 1. The van der Waals surface area contributed by atoms with E-state index >= 15 is 0 Å². The molecule has 0 radical (unpaired) electrons. The fourth-order valence-electron chi connectivity index (χ4n) is 0.794. The second-order valence-electron chi connectivity index (χ2n) is 2.56. The van der Waals surface area contributed by atoms with Crippen molar-refractivity contribution in [2.75, 3.05) is 0 Å². The highest BCUT2D eigenvalue weighted by Crippen LogP contribution is 2.09. The Morgan fingerprint density at radius 2 is 2.10 bits per heavy atom. The highest BCUT2D eigenvalue weighted by Gasteiger charge is 2.08. The number of hydrogen-bond acceptors (Lipinski definition) is 3. The zero-order chi connectivity index (χ0) is 7.98. The van der Waals surface area contributed by atoms with E-state index in [1.54, 1.807) is 0 Å². The van der Waals surface area contributed by atoms with Crippen LogP contribution in [0, 0.1) is 5.92 Å². The van der Waals surface area contributed by atoms with Crippen molar-refractivity contribution in [3.8, 4) is 0 Å². The van der Waals surface area contributed by atoms with Gasteiger partial charge in [0.15, 0.2) is 0 Å². The smallest absolute Gasteiger partial charge is 0.0750 e. The molecule has 0 aromatic heterocycles. The average molecular weight is 144 g/mol. The van der Waals surface area contributed by atoms with E-state index in [4.69, 9.17) is 5.84 Å². The number of nitrogens with one attached hydrogen (secondary N) is 1. The normalized spacial score (nSPS) is 14.5. The van der Waals surface area contributed by atoms with E-state index in [1.807, 2.05) is 0 Å². The summed E-state index contributed by atoms with van der Waals surface area (Å²) in [6.45, 7) is 6.31. The molecule has 1 atom stereocenters. The molecule has 0 spiro atoms. The summed E-state index contributed by atoms with van der Waals surface area (Å²) in [5.41, 5.74) is 2.15. The van der Waals surface area contributed by atoms with Gasteiger partial charge in [-0.3, -0.25) is 0 Å². The van der Waals surface area contributed by atoms with Crippen molar-refractivity contribution < 1.29 is 0 Å². The predicted molar refractivity (Wildman–Crippen MR) is 41.1 cm³/mol. The Morgan fingerprint density at radius 3 is 2.40 bits per heavy atom. The summed E-state index contributed by atoms with van der Waals surface area (Å²) in [7, 11) is 0. The molecule has 0 saturated carbocycles. The van der Waals surface area contributed by atoms with Gasteiger partial charge in [0.25, 0.3) is 0 Å². The fourth-order valence-corrected chi connectivity index (χ4v) is 0.794. The van der Waals surface area contributed by atoms with Crippen LogP contribution in [0.15, 0.2) is 10.3 Å². The SMILES string of the molecule is CCC(/N=N\NN)C(C)C. The van der Waals surface area contributed by atoms with Crippen LogP contribution in [0.2, 0.25) is 0 Å². The van der Waals surface area contributed by atoms with Crippen LogP contribution in [0.25, 0.3) is 0 Å². The standard InChI is InChI=1S/C6H16N4/c1-4-6(5(2)3)8-10-9-7/h5-6H,4H2,1-3H3,(H2,7,10)(H,8,9). The minimum Gasteiger partial charge on any atom is -0.233 e. The van der Waals surface area contributed by atoms with Gasteiger partial charge in [0, 0.05) is 0 Å². The number of rotatable bonds is 4. The lowest BCUT2D eigenvalue weighted by Crippen LogP contribution is -2.16. The molecule has 4 nitrogen and oxygen atoms in total. The summed E-state index contributed by atoms with van der Waals surface area (Å²) < 4.78 is 0. The Hall–Kier alpha value is -0.640. The molecule has 0 fully saturated rings. The molecular weight excluding hydrogens is 128 g/mol. The van der Waals surface area contributed by atoms with Crippen LogP contribution >= 0.6 is 0 Å². The molecule has 0 rings (SSSR count). The van der Waals surface area contributed by atoms with E-state index in [9.17, 15) is 0 Å². The first-order valence-corrected chi connectivity index (χ1v) is 3.57. The maximum absolute atomic E-state index is 4.92. The first-order valence-electron chi connectivity index (χ1n) is 3.57. The quantitative estimate of drug-likeness (QED) is 0.354. The minimum atomic E-state index is 0.288. The maximum Gasteiger partial charge on any atom is 0.0750 e. The van der Waals surface area contributed by atoms with Gasteiger partial charge in [0.1, 0.15) is 0 Å². The van der Waals surface area contributed by atoms with Crippen molar-refractivity contribution in [3.05, 3.63) is 0 Å². The summed E-state index contributed by atoms with van der Waals surface area (Å²) >= 11 is 0. The Labute approximate surface area is 61.8 Å². The molecule has 0 aromatic rings. The van der Waals surface area contributed by atoms with Crippen molar-refractivity contribution in [1.82, 2.24) is 5.53 Å². The van der Waals surface area contributed by atoms with Gasteiger partial charge in [-0.1, -0.05) is 26.0 Å². The summed E-state index contributed by atoms with van der Waals surface area (Å²) in [5.74, 6) is 5.45. The summed E-state index contributed by atoms with van der Waals surface area (Å²) in [5, 5.41) is 7.47. The van der Waals surface area contributed by atoms with Gasteiger partial charge in [-0.2, -0.15) is 5.11 Å². The van der Waals surface area contributed by atoms with Crippen LogP contribution in [0.5, 0.6) is 0 Å². The Kier molecular flexibility index (Phi) is 4.84. The Bertz CT molecular complexity index is 99.9. The second kappa shape index (κ2) is 5.17. The molecular formula is C6H16N4. The Morgan fingerprint density at radius 1 is 1.50 bits per heavy atom. The molecule has 0 aliphatic heterocycles. The molecule has 1 unspecified atom stereocenters. The molecule has 0 aromatic carbocycles. The van der Waals surface area contributed by atoms with Gasteiger partial charge >= 0.3 is 0 Å². The average Bonchev–Trinajstić information content (AvgIpc) is 1.89. The highest BCUT2D eigenvalue weighted by molar-refractivity contribution is 4.64. The molecule has 0 aliphatic carbocycles. The molecule has 0 aliphatic rings. The summed E-state index contributed by atoms with van der Waals surface area (Å²) in [6, 6.07) is 0.288. The number of nitrogens with two attached hydrogens (primary N) is 1. The molecule has 60 valence electrons. The van der Waals surface area contributed by atoms with E-state index in [0.717, 1.165) is 6.42 Å². The van der Waals surface area contributed by atoms with Gasteiger partial charge in [0.05, 0.1) is 6.04 Å². The monoisotopic (exact) mass is 144 g/mol. The van der Waals surface area contributed by atoms with Crippen molar-refractivity contribution in [3.63, 3.8) is 0 Å². The number of hydrogen-bond donors (Lipinski definition) is 2. The van der Waals surface area contributed by atoms with Gasteiger partial charge in [0.2, 0.25) is 0 Å². The molecule has 0 heterocycles. The van der Waals surface area contributed by atoms with Gasteiger partial charge in [-0.05, 0) is 12.3 Å². The van der Waals surface area contributed by atoms with Crippen LogP contribution in [-0.2, 0) is 0 Å². The van der Waals surface area contributed by atoms with Crippen LogP contribution in [-0.4, -0.2) is 6.04 Å². The number of nitrogens with zero attached hydrogens (tertiary/aromatic N) is 2. The molecule has 3 N–H and O–H groups in total. The maximum atomic E-state index is 4.92. The van der Waals surface area contributed by atoms with Gasteiger partial charge in [-0.25, -0.2) is 11.4 Å². The van der Waals surface area contributed by atoms with Crippen LogP contribution < -0.4 is 11.4 Å². The second-order valence-corrected chi connectivity index (χ2v) is 2.56. The molecule has 4 heteroatoms. The van der Waals surface area contributed by atoms with Gasteiger partial charge in [-0.15, -0.1) is 0 Å². The lowest BCUT2D eigenvalue weighted by atomic mass is 10.0. The minimum absolute atomic E-state index is 0.288. The van der Waals surface area contributed by atoms with E-state index in [0.29, 0.717) is 5.92 Å². The topological polar surface area (TPSA) is 62.8 Å². The van der Waals surface area contributed by atoms with Crippen molar-refractivity contribution in [2.24, 2.45) is 22.1 Å². The van der Waals surface area contributed by atoms with Crippen molar-refractivity contribution in [1.29, 1.82) is 0 Å². The van der Waals surface area contributed by atoms with Crippen molar-refractivity contribution in [2.45, 2.75) is 33.2 Å². The van der Waals surface area contributed by atoms with Gasteiger partial charge < -0.3 is 0 Å². The van der Waals surface area contributed by atoms with Crippen LogP contribution in [0.3, 0.4) is 0 Å². The predicted octanol–water partition coefficient (Wildman–Crippen LogP) is 1.25. The van der Waals surface area contributed by atoms with Crippen molar-refractivity contribution >= 4 is 0 Å². The van der Waals surface area contributed by atoms with E-state index in [1.165, 1.54) is 0 Å². The van der Waals surface area contributed by atoms with E-state index < -0.39 is 0 Å². The first kappa shape index (κ1) is 9.36. The zero-order valence-corrected chi connectivity index (χ0v) is 6.83. The van der Waals surface area contributed by atoms with Crippen LogP contribution in [0.1, 0.15) is 27.2 Å². The lowest BCUT2D eigenvalue weighted by Gasteiger charge is -2.10. The third-order valence-electron chi connectivity index (χ3n) is 1.45. The molecule has 10 heavy (non-hydrogen) atoms. The summed E-state index contributed by atoms with van der Waals surface area (Å²) in [6.07, 6.45) is 1.00. The van der Waals surface area contributed by atoms with E-state index in [-0.39, 0.29) is 6.04 Å². The van der Waals surface area contributed by atoms with E-state index in [2.05, 4.69) is 36.6 Å². The third kappa shape index (κ3) is 3.40. The highest BCUT2D eigenvalue weighted by atomic mass is 15.5. The summed E-state index contributed by atoms with van der Waals surface area (Å²) in [4.78, 5) is 0. The third-order valence-corrected chi connectivity index (χ3v) is 1.45. The molecule has 0 amide bonds. The largest absolute Gasteiger partial charge is 0.233 e. The molecule has 0 saturated heterocycles. The fraction of sp³-hybridized carbons (Fsp3) is 1.00. The Balaban J connectivity index is 3.71. The zero-order valence-electron chi connectivity index (χ0n) is 6.83. The first-order chi connectivity index (χ1) is 4.72. The van der Waals surface area contributed by atoms with Crippen LogP contribution in [0.4, 0.5) is 0 Å².